The maximum atomic E-state index is 12.4. The second kappa shape index (κ2) is 6.02. The van der Waals surface area contributed by atoms with Crippen LogP contribution in [0, 0.1) is 5.92 Å². The number of nitrogens with one attached hydrogen (secondary N) is 1. The number of amides is 1. The molecule has 6 nitrogen and oxygen atoms in total. The molecule has 0 radical (unpaired) electrons. The van der Waals surface area contributed by atoms with E-state index in [0.717, 1.165) is 31.4 Å². The molecule has 2 atom stereocenters. The predicted octanol–water partition coefficient (Wildman–Crippen LogP) is 2.41. The largest absolute Gasteiger partial charge is 0.311 e. The number of hydrogen-bond donors (Lipinski definition) is 1. The van der Waals surface area contributed by atoms with Gasteiger partial charge in [0, 0.05) is 18.4 Å². The molecule has 2 aliphatic carbocycles. The Balaban J connectivity index is 1.52. The third-order valence-electron chi connectivity index (χ3n) is 5.13. The van der Waals surface area contributed by atoms with Gasteiger partial charge in [0.15, 0.2) is 9.84 Å². The van der Waals surface area contributed by atoms with Crippen molar-refractivity contribution in [3.8, 4) is 0 Å². The maximum absolute atomic E-state index is 12.4. The van der Waals surface area contributed by atoms with Crippen LogP contribution in [0.2, 0.25) is 0 Å². The van der Waals surface area contributed by atoms with Crippen LogP contribution in [0.3, 0.4) is 0 Å². The molecule has 2 heterocycles. The standard InChI is InChI=1S/C17H23N3O3S/c21-17(9-12-3-1-2-4-12)18-16-10-15(13-5-6-13)19-20(16)14-7-8-24(22,23)11-14/h1,3,10,12-14H,2,4-9,11H2,(H,18,21)/t12-,14-/m0/s1. The van der Waals surface area contributed by atoms with Crippen LogP contribution >= 0.6 is 0 Å². The average molecular weight is 349 g/mol. The van der Waals surface area contributed by atoms with Crippen LogP contribution in [0.25, 0.3) is 0 Å². The van der Waals surface area contributed by atoms with Crippen LogP contribution in [-0.4, -0.2) is 35.6 Å². The van der Waals surface area contributed by atoms with Crippen LogP contribution < -0.4 is 5.32 Å². The van der Waals surface area contributed by atoms with Crippen LogP contribution in [0.15, 0.2) is 18.2 Å². The summed E-state index contributed by atoms with van der Waals surface area (Å²) in [6, 6.07) is 1.77. The lowest BCUT2D eigenvalue weighted by atomic mass is 10.1. The van der Waals surface area contributed by atoms with E-state index >= 15 is 0 Å². The quantitative estimate of drug-likeness (QED) is 0.828. The molecule has 24 heavy (non-hydrogen) atoms. The summed E-state index contributed by atoms with van der Waals surface area (Å²) in [6.45, 7) is 0. The minimum absolute atomic E-state index is 0.0177. The van der Waals surface area contributed by atoms with Gasteiger partial charge in [-0.1, -0.05) is 12.2 Å². The van der Waals surface area contributed by atoms with Gasteiger partial charge in [0.25, 0.3) is 0 Å². The predicted molar refractivity (Wildman–Crippen MR) is 91.6 cm³/mol. The van der Waals surface area contributed by atoms with Crippen molar-refractivity contribution in [2.75, 3.05) is 16.8 Å². The lowest BCUT2D eigenvalue weighted by Gasteiger charge is -2.14. The lowest BCUT2D eigenvalue weighted by Crippen LogP contribution is -2.20. The van der Waals surface area contributed by atoms with Gasteiger partial charge in [-0.2, -0.15) is 5.10 Å². The number of carbonyl (C=O) groups excluding carboxylic acids is 1. The molecule has 0 aromatic carbocycles. The van der Waals surface area contributed by atoms with Gasteiger partial charge in [-0.25, -0.2) is 13.1 Å². The zero-order valence-corrected chi connectivity index (χ0v) is 14.5. The molecule has 0 bridgehead atoms. The van der Waals surface area contributed by atoms with Crippen molar-refractivity contribution in [2.24, 2.45) is 5.92 Å². The Hall–Kier alpha value is -1.63. The third kappa shape index (κ3) is 3.41. The first kappa shape index (κ1) is 15.9. The topological polar surface area (TPSA) is 81.1 Å². The number of sulfone groups is 1. The minimum Gasteiger partial charge on any atom is -0.311 e. The van der Waals surface area contributed by atoms with Crippen LogP contribution in [0.1, 0.15) is 56.2 Å². The Bertz CT molecular complexity index is 777. The van der Waals surface area contributed by atoms with Gasteiger partial charge >= 0.3 is 0 Å². The van der Waals surface area contributed by atoms with Gasteiger partial charge in [-0.15, -0.1) is 0 Å². The molecule has 2 fully saturated rings. The number of anilines is 1. The van der Waals surface area contributed by atoms with Gasteiger partial charge in [0.2, 0.25) is 5.91 Å². The van der Waals surface area contributed by atoms with Gasteiger partial charge in [-0.3, -0.25) is 4.79 Å². The van der Waals surface area contributed by atoms with E-state index in [1.165, 1.54) is 0 Å². The van der Waals surface area contributed by atoms with Crippen LogP contribution in [0.5, 0.6) is 0 Å². The summed E-state index contributed by atoms with van der Waals surface area (Å²) < 4.78 is 25.3. The van der Waals surface area contributed by atoms with E-state index in [2.05, 4.69) is 22.6 Å². The summed E-state index contributed by atoms with van der Waals surface area (Å²) in [5, 5.41) is 7.61. The normalized spacial score (nSPS) is 28.3. The molecule has 7 heteroatoms. The first-order valence-electron chi connectivity index (χ1n) is 8.76. The molecule has 1 saturated heterocycles. The number of carbonyl (C=O) groups is 1. The van der Waals surface area contributed by atoms with Gasteiger partial charge in [0.1, 0.15) is 5.82 Å². The molecule has 0 spiro atoms. The van der Waals surface area contributed by atoms with E-state index in [0.29, 0.717) is 30.5 Å². The number of allylic oxidation sites excluding steroid dienone is 2. The van der Waals surface area contributed by atoms with Gasteiger partial charge in [0.05, 0.1) is 23.2 Å². The smallest absolute Gasteiger partial charge is 0.226 e. The molecule has 1 aliphatic heterocycles. The van der Waals surface area contributed by atoms with E-state index in [9.17, 15) is 13.2 Å². The van der Waals surface area contributed by atoms with Crippen molar-refractivity contribution in [1.29, 1.82) is 0 Å². The second-order valence-electron chi connectivity index (χ2n) is 7.25. The summed E-state index contributed by atoms with van der Waals surface area (Å²) in [5.74, 6) is 1.75. The third-order valence-corrected chi connectivity index (χ3v) is 6.88. The summed E-state index contributed by atoms with van der Waals surface area (Å²) in [5.41, 5.74) is 0.982. The maximum Gasteiger partial charge on any atom is 0.226 e. The molecular formula is C17H23N3O3S. The summed E-state index contributed by atoms with van der Waals surface area (Å²) >= 11 is 0. The Kier molecular flexibility index (Phi) is 3.98. The van der Waals surface area contributed by atoms with Gasteiger partial charge < -0.3 is 5.32 Å². The van der Waals surface area contributed by atoms with E-state index in [4.69, 9.17) is 0 Å². The Morgan fingerprint density at radius 2 is 2.12 bits per heavy atom. The van der Waals surface area contributed by atoms with Crippen molar-refractivity contribution >= 4 is 21.6 Å². The van der Waals surface area contributed by atoms with Crippen molar-refractivity contribution in [3.05, 3.63) is 23.9 Å². The molecule has 1 N–H and O–H groups in total. The number of aromatic nitrogens is 2. The molecule has 1 saturated carbocycles. The zero-order valence-electron chi connectivity index (χ0n) is 13.6. The molecule has 4 rings (SSSR count). The van der Waals surface area contributed by atoms with E-state index < -0.39 is 9.84 Å². The molecule has 1 aromatic rings. The molecule has 130 valence electrons. The zero-order chi connectivity index (χ0) is 16.7. The molecule has 1 aromatic heterocycles. The average Bonchev–Trinajstić information content (AvgIpc) is 2.91. The Morgan fingerprint density at radius 3 is 2.75 bits per heavy atom. The first-order chi connectivity index (χ1) is 11.5. The highest BCUT2D eigenvalue weighted by atomic mass is 32.2. The summed E-state index contributed by atoms with van der Waals surface area (Å²) in [6.07, 6.45) is 9.60. The summed E-state index contributed by atoms with van der Waals surface area (Å²) in [7, 11) is -2.99. The fourth-order valence-corrected chi connectivity index (χ4v) is 5.32. The minimum atomic E-state index is -2.99. The van der Waals surface area contributed by atoms with Crippen molar-refractivity contribution in [1.82, 2.24) is 9.78 Å². The molecular weight excluding hydrogens is 326 g/mol. The Labute approximate surface area is 142 Å². The highest BCUT2D eigenvalue weighted by Crippen LogP contribution is 2.41. The SMILES string of the molecule is O=C(C[C@H]1C=CCC1)Nc1cc(C2CC2)nn1[C@H]1CCS(=O)(=O)C1. The molecule has 3 aliphatic rings. The highest BCUT2D eigenvalue weighted by Gasteiger charge is 2.34. The molecule has 0 unspecified atom stereocenters. The van der Waals surface area contributed by atoms with Crippen molar-refractivity contribution in [2.45, 2.75) is 50.5 Å². The summed E-state index contributed by atoms with van der Waals surface area (Å²) in [4.78, 5) is 12.4. The van der Waals surface area contributed by atoms with E-state index in [1.54, 1.807) is 4.68 Å². The number of rotatable bonds is 5. The number of hydrogen-bond acceptors (Lipinski definition) is 4. The van der Waals surface area contributed by atoms with Crippen LogP contribution in [0.4, 0.5) is 5.82 Å². The fraction of sp³-hybridized carbons (Fsp3) is 0.647. The lowest BCUT2D eigenvalue weighted by molar-refractivity contribution is -0.116. The van der Waals surface area contributed by atoms with E-state index in [-0.39, 0.29) is 23.5 Å². The Morgan fingerprint density at radius 1 is 1.29 bits per heavy atom. The monoisotopic (exact) mass is 349 g/mol. The fourth-order valence-electron chi connectivity index (χ4n) is 3.63. The van der Waals surface area contributed by atoms with Crippen molar-refractivity contribution < 1.29 is 13.2 Å². The molecule has 1 amide bonds. The van der Waals surface area contributed by atoms with Crippen LogP contribution in [-0.2, 0) is 14.6 Å². The van der Waals surface area contributed by atoms with E-state index in [1.807, 2.05) is 6.07 Å². The van der Waals surface area contributed by atoms with Crippen molar-refractivity contribution in [3.63, 3.8) is 0 Å². The second-order valence-corrected chi connectivity index (χ2v) is 9.48. The van der Waals surface area contributed by atoms with Gasteiger partial charge in [-0.05, 0) is 38.0 Å². The highest BCUT2D eigenvalue weighted by molar-refractivity contribution is 7.91. The first-order valence-corrected chi connectivity index (χ1v) is 10.6. The number of nitrogens with zero attached hydrogens (tertiary/aromatic N) is 2.